The monoisotopic (exact) mass is 436 g/mol. The lowest BCUT2D eigenvalue weighted by atomic mass is 10.1. The number of phenolic OH excluding ortho intramolecular Hbond substituents is 1. The molecule has 0 spiro atoms. The van der Waals surface area contributed by atoms with E-state index in [2.05, 4.69) is 64.8 Å². The number of phenols is 1. The molecule has 1 aromatic heterocycles. The van der Waals surface area contributed by atoms with Gasteiger partial charge in [0.2, 0.25) is 0 Å². The molecule has 1 unspecified atom stereocenters. The molecule has 0 bridgehead atoms. The first-order valence-corrected chi connectivity index (χ1v) is 11.8. The molecule has 0 amide bonds. The maximum atomic E-state index is 10.0. The third-order valence-electron chi connectivity index (χ3n) is 5.14. The SMILES string of the molecule is C=CCNC(C)CCCCc1nnc(SCc2cccc(C)c2)n1-c1cccc(O)c1. The normalized spacial score (nSPS) is 12.1. The molecule has 0 fully saturated rings. The lowest BCUT2D eigenvalue weighted by Crippen LogP contribution is -2.25. The fraction of sp³-hybridized carbons (Fsp3) is 0.360. The summed E-state index contributed by atoms with van der Waals surface area (Å²) in [5, 5.41) is 23.3. The van der Waals surface area contributed by atoms with Gasteiger partial charge in [-0.3, -0.25) is 4.57 Å². The highest BCUT2D eigenvalue weighted by Crippen LogP contribution is 2.27. The van der Waals surface area contributed by atoms with Crippen molar-refractivity contribution in [1.82, 2.24) is 20.1 Å². The van der Waals surface area contributed by atoms with Crippen molar-refractivity contribution in [1.29, 1.82) is 0 Å². The Labute approximate surface area is 189 Å². The number of thioether (sulfide) groups is 1. The number of benzene rings is 2. The molecule has 6 heteroatoms. The molecule has 164 valence electrons. The Balaban J connectivity index is 1.71. The Hall–Kier alpha value is -2.57. The molecule has 0 radical (unpaired) electrons. The largest absolute Gasteiger partial charge is 0.508 e. The Morgan fingerprint density at radius 3 is 2.77 bits per heavy atom. The number of nitrogens with one attached hydrogen (secondary N) is 1. The molecule has 0 aliphatic heterocycles. The van der Waals surface area contributed by atoms with E-state index in [1.165, 1.54) is 11.1 Å². The Morgan fingerprint density at radius 1 is 1.16 bits per heavy atom. The first-order valence-electron chi connectivity index (χ1n) is 10.8. The van der Waals surface area contributed by atoms with Gasteiger partial charge < -0.3 is 10.4 Å². The van der Waals surface area contributed by atoms with Crippen LogP contribution >= 0.6 is 11.8 Å². The van der Waals surface area contributed by atoms with Crippen LogP contribution in [0.15, 0.2) is 66.3 Å². The minimum atomic E-state index is 0.244. The Morgan fingerprint density at radius 2 is 2.00 bits per heavy atom. The number of aromatic nitrogens is 3. The molecule has 3 rings (SSSR count). The van der Waals surface area contributed by atoms with Gasteiger partial charge in [-0.05, 0) is 44.4 Å². The molecule has 0 saturated carbocycles. The maximum absolute atomic E-state index is 10.0. The van der Waals surface area contributed by atoms with Crippen LogP contribution in [0.3, 0.4) is 0 Å². The number of hydrogen-bond donors (Lipinski definition) is 2. The van der Waals surface area contributed by atoms with E-state index >= 15 is 0 Å². The molecule has 0 aliphatic carbocycles. The molecule has 1 heterocycles. The second-order valence-electron chi connectivity index (χ2n) is 7.88. The molecule has 2 aromatic carbocycles. The topological polar surface area (TPSA) is 63.0 Å². The zero-order valence-corrected chi connectivity index (χ0v) is 19.2. The summed E-state index contributed by atoms with van der Waals surface area (Å²) in [6.45, 7) is 8.91. The number of nitrogens with zero attached hydrogens (tertiary/aromatic N) is 3. The van der Waals surface area contributed by atoms with Crippen LogP contribution in [0.2, 0.25) is 0 Å². The summed E-state index contributed by atoms with van der Waals surface area (Å²) in [5.41, 5.74) is 3.41. The summed E-state index contributed by atoms with van der Waals surface area (Å²) in [7, 11) is 0. The minimum Gasteiger partial charge on any atom is -0.508 e. The van der Waals surface area contributed by atoms with Gasteiger partial charge in [0.15, 0.2) is 5.16 Å². The fourth-order valence-electron chi connectivity index (χ4n) is 3.52. The highest BCUT2D eigenvalue weighted by Gasteiger charge is 2.15. The molecule has 31 heavy (non-hydrogen) atoms. The van der Waals surface area contributed by atoms with Crippen LogP contribution in [-0.4, -0.2) is 32.5 Å². The summed E-state index contributed by atoms with van der Waals surface area (Å²) in [5.74, 6) is 2.00. The van der Waals surface area contributed by atoms with Crippen molar-refractivity contribution in [3.63, 3.8) is 0 Å². The maximum Gasteiger partial charge on any atom is 0.196 e. The van der Waals surface area contributed by atoms with Crippen LogP contribution in [0, 0.1) is 6.92 Å². The quantitative estimate of drug-likeness (QED) is 0.225. The second kappa shape index (κ2) is 11.7. The van der Waals surface area contributed by atoms with Gasteiger partial charge in [-0.1, -0.05) is 60.2 Å². The van der Waals surface area contributed by atoms with E-state index in [1.807, 2.05) is 18.2 Å². The van der Waals surface area contributed by atoms with Crippen LogP contribution in [0.25, 0.3) is 5.69 Å². The molecule has 5 nitrogen and oxygen atoms in total. The van der Waals surface area contributed by atoms with Crippen molar-refractivity contribution in [2.45, 2.75) is 56.5 Å². The minimum absolute atomic E-state index is 0.244. The van der Waals surface area contributed by atoms with Crippen LogP contribution in [0.4, 0.5) is 0 Å². The van der Waals surface area contributed by atoms with Crippen molar-refractivity contribution in [3.05, 3.63) is 78.1 Å². The van der Waals surface area contributed by atoms with Crippen LogP contribution < -0.4 is 5.32 Å². The van der Waals surface area contributed by atoms with Gasteiger partial charge in [0.25, 0.3) is 0 Å². The number of unbranched alkanes of at least 4 members (excludes halogenated alkanes) is 1. The third-order valence-corrected chi connectivity index (χ3v) is 6.14. The lowest BCUT2D eigenvalue weighted by molar-refractivity contribution is 0.474. The standard InChI is InChI=1S/C25H32N4OS/c1-4-15-26-20(3)10-5-6-14-24-27-28-25(29(24)22-12-8-13-23(30)17-22)31-18-21-11-7-9-19(2)16-21/h4,7-9,11-13,16-17,20,26,30H,1,5-6,10,14-15,18H2,2-3H3. The predicted octanol–water partition coefficient (Wildman–Crippen LogP) is 5.45. The summed E-state index contributed by atoms with van der Waals surface area (Å²) in [4.78, 5) is 0. The number of rotatable bonds is 12. The third kappa shape index (κ3) is 6.97. The van der Waals surface area contributed by atoms with Crippen LogP contribution in [-0.2, 0) is 12.2 Å². The first-order chi connectivity index (χ1) is 15.1. The van der Waals surface area contributed by atoms with Gasteiger partial charge in [-0.15, -0.1) is 16.8 Å². The van der Waals surface area contributed by atoms with Gasteiger partial charge in [-0.25, -0.2) is 0 Å². The average Bonchev–Trinajstić information content (AvgIpc) is 3.16. The van der Waals surface area contributed by atoms with E-state index < -0.39 is 0 Å². The first kappa shape index (κ1) is 23.1. The molecular formula is C25H32N4OS. The molecule has 3 aromatic rings. The molecule has 0 saturated heterocycles. The van der Waals surface area contributed by atoms with Crippen molar-refractivity contribution in [2.75, 3.05) is 6.54 Å². The summed E-state index contributed by atoms with van der Waals surface area (Å²) < 4.78 is 2.08. The van der Waals surface area contributed by atoms with E-state index in [-0.39, 0.29) is 5.75 Å². The van der Waals surface area contributed by atoms with Crippen molar-refractivity contribution < 1.29 is 5.11 Å². The zero-order valence-electron chi connectivity index (χ0n) is 18.4. The van der Waals surface area contributed by atoms with E-state index in [0.29, 0.717) is 6.04 Å². The molecule has 1 atom stereocenters. The summed E-state index contributed by atoms with van der Waals surface area (Å²) in [6, 6.07) is 16.3. The van der Waals surface area contributed by atoms with Gasteiger partial charge in [0.05, 0.1) is 5.69 Å². The Kier molecular flexibility index (Phi) is 8.74. The zero-order chi connectivity index (χ0) is 22.1. The number of aryl methyl sites for hydroxylation is 2. The van der Waals surface area contributed by atoms with Gasteiger partial charge in [0, 0.05) is 30.8 Å². The molecule has 2 N–H and O–H groups in total. The van der Waals surface area contributed by atoms with Gasteiger partial charge in [0.1, 0.15) is 11.6 Å². The summed E-state index contributed by atoms with van der Waals surface area (Å²) >= 11 is 1.67. The lowest BCUT2D eigenvalue weighted by Gasteiger charge is -2.13. The molecular weight excluding hydrogens is 404 g/mol. The van der Waals surface area contributed by atoms with Crippen LogP contribution in [0.5, 0.6) is 5.75 Å². The van der Waals surface area contributed by atoms with Crippen molar-refractivity contribution in [2.24, 2.45) is 0 Å². The van der Waals surface area contributed by atoms with Crippen LogP contribution in [0.1, 0.15) is 43.1 Å². The van der Waals surface area contributed by atoms with Crippen molar-refractivity contribution in [3.8, 4) is 11.4 Å². The number of hydrogen-bond acceptors (Lipinski definition) is 5. The van der Waals surface area contributed by atoms with E-state index in [0.717, 1.165) is 54.6 Å². The van der Waals surface area contributed by atoms with Gasteiger partial charge >= 0.3 is 0 Å². The summed E-state index contributed by atoms with van der Waals surface area (Å²) in [6.07, 6.45) is 6.01. The molecule has 0 aliphatic rings. The van der Waals surface area contributed by atoms with E-state index in [1.54, 1.807) is 23.9 Å². The number of aromatic hydroxyl groups is 1. The second-order valence-corrected chi connectivity index (χ2v) is 8.82. The van der Waals surface area contributed by atoms with Gasteiger partial charge in [-0.2, -0.15) is 0 Å². The highest BCUT2D eigenvalue weighted by molar-refractivity contribution is 7.98. The van der Waals surface area contributed by atoms with E-state index in [9.17, 15) is 5.11 Å². The smallest absolute Gasteiger partial charge is 0.196 e. The highest BCUT2D eigenvalue weighted by atomic mass is 32.2. The average molecular weight is 437 g/mol. The fourth-order valence-corrected chi connectivity index (χ4v) is 4.43. The van der Waals surface area contributed by atoms with Crippen molar-refractivity contribution >= 4 is 11.8 Å². The Bertz CT molecular complexity index is 985. The predicted molar refractivity (Wildman–Crippen MR) is 129 cm³/mol. The van der Waals surface area contributed by atoms with E-state index in [4.69, 9.17) is 0 Å².